The number of aliphatic hydroxyl groups is 1. The van der Waals surface area contributed by atoms with Crippen molar-refractivity contribution in [3.05, 3.63) is 64.4 Å². The number of benzene rings is 2. The van der Waals surface area contributed by atoms with Gasteiger partial charge in [0, 0.05) is 37.0 Å². The van der Waals surface area contributed by atoms with Crippen LogP contribution in [0.3, 0.4) is 0 Å². The summed E-state index contributed by atoms with van der Waals surface area (Å²) in [5.41, 5.74) is 3.77. The Balaban J connectivity index is 1.69. The van der Waals surface area contributed by atoms with E-state index in [1.807, 2.05) is 42.5 Å². The second-order valence-electron chi connectivity index (χ2n) is 7.48. The van der Waals surface area contributed by atoms with Gasteiger partial charge in [0.2, 0.25) is 5.91 Å². The molecular formula is C23H22N4O3. The summed E-state index contributed by atoms with van der Waals surface area (Å²) in [6, 6.07) is 15.5. The number of hydrogen-bond acceptors (Lipinski definition) is 4. The smallest absolute Gasteiger partial charge is 0.261 e. The van der Waals surface area contributed by atoms with Crippen molar-refractivity contribution in [2.45, 2.75) is 25.9 Å². The molecule has 0 aliphatic carbocycles. The van der Waals surface area contributed by atoms with Gasteiger partial charge in [-0.05, 0) is 30.2 Å². The molecule has 0 saturated heterocycles. The summed E-state index contributed by atoms with van der Waals surface area (Å²) in [5, 5.41) is 13.4. The molecule has 5 rings (SSSR count). The second-order valence-corrected chi connectivity index (χ2v) is 7.48. The topological polar surface area (TPSA) is 89.2 Å². The summed E-state index contributed by atoms with van der Waals surface area (Å²) in [6.45, 7) is 1.22. The van der Waals surface area contributed by atoms with E-state index in [4.69, 9.17) is 10.1 Å². The van der Waals surface area contributed by atoms with Crippen LogP contribution in [-0.2, 0) is 24.3 Å². The van der Waals surface area contributed by atoms with E-state index in [9.17, 15) is 9.59 Å². The molecule has 0 spiro atoms. The molecule has 0 unspecified atom stereocenters. The molecule has 0 radical (unpaired) electrons. The minimum atomic E-state index is -0.116. The quantitative estimate of drug-likeness (QED) is 0.535. The fraction of sp³-hybridized carbons (Fsp3) is 0.261. The average Bonchev–Trinajstić information content (AvgIpc) is 3.10. The van der Waals surface area contributed by atoms with Crippen molar-refractivity contribution in [2.75, 3.05) is 13.2 Å². The van der Waals surface area contributed by atoms with Gasteiger partial charge in [-0.2, -0.15) is 0 Å². The number of nitrogens with zero attached hydrogens (tertiary/aromatic N) is 3. The van der Waals surface area contributed by atoms with Crippen LogP contribution in [0.4, 0.5) is 0 Å². The molecule has 7 heteroatoms. The Morgan fingerprint density at radius 1 is 1.10 bits per heavy atom. The summed E-state index contributed by atoms with van der Waals surface area (Å²) in [4.78, 5) is 30.1. The molecule has 0 bridgehead atoms. The van der Waals surface area contributed by atoms with Crippen molar-refractivity contribution in [3.8, 4) is 11.5 Å². The summed E-state index contributed by atoms with van der Waals surface area (Å²) >= 11 is 0. The number of fused-ring (bicyclic) bond motifs is 6. The van der Waals surface area contributed by atoms with Crippen LogP contribution in [0.25, 0.3) is 33.3 Å². The van der Waals surface area contributed by atoms with Crippen LogP contribution < -0.4 is 10.9 Å². The number of carbonyl (C=O) groups is 1. The van der Waals surface area contributed by atoms with Gasteiger partial charge in [0.05, 0.1) is 23.2 Å². The number of amides is 1. The molecule has 30 heavy (non-hydrogen) atoms. The monoisotopic (exact) mass is 402 g/mol. The SMILES string of the molecule is O=C(CCn1c2c(c3ccccc31)CCn1c-2nc2ccccc2c1=O)NCCO. The number of hydrogen-bond donors (Lipinski definition) is 2. The molecule has 1 aliphatic heterocycles. The van der Waals surface area contributed by atoms with Crippen molar-refractivity contribution < 1.29 is 9.90 Å². The molecule has 0 saturated carbocycles. The minimum Gasteiger partial charge on any atom is -0.395 e. The van der Waals surface area contributed by atoms with Gasteiger partial charge in [-0.25, -0.2) is 4.98 Å². The van der Waals surface area contributed by atoms with Gasteiger partial charge < -0.3 is 15.0 Å². The number of para-hydroxylation sites is 2. The van der Waals surface area contributed by atoms with Crippen LogP contribution in [-0.4, -0.2) is 38.3 Å². The van der Waals surface area contributed by atoms with E-state index in [1.54, 1.807) is 4.57 Å². The molecule has 2 aromatic heterocycles. The van der Waals surface area contributed by atoms with Gasteiger partial charge in [-0.1, -0.05) is 30.3 Å². The van der Waals surface area contributed by atoms with Crippen molar-refractivity contribution in [2.24, 2.45) is 0 Å². The summed E-state index contributed by atoms with van der Waals surface area (Å²) < 4.78 is 3.86. The van der Waals surface area contributed by atoms with Gasteiger partial charge in [0.15, 0.2) is 5.82 Å². The highest BCUT2D eigenvalue weighted by molar-refractivity contribution is 5.92. The maximum absolute atomic E-state index is 13.1. The molecule has 7 nitrogen and oxygen atoms in total. The number of rotatable bonds is 5. The standard InChI is InChI=1S/C23H22N4O3/c28-14-11-24-20(29)10-13-26-19-8-4-2-5-15(19)16-9-12-27-22(21(16)26)25-18-7-3-1-6-17(18)23(27)30/h1-8,28H,9-14H2,(H,24,29). The van der Waals surface area contributed by atoms with Crippen LogP contribution >= 0.6 is 0 Å². The fourth-order valence-electron chi connectivity index (χ4n) is 4.39. The zero-order chi connectivity index (χ0) is 20.7. The first-order valence-electron chi connectivity index (χ1n) is 10.2. The number of aromatic nitrogens is 3. The van der Waals surface area contributed by atoms with E-state index in [0.717, 1.165) is 23.0 Å². The molecule has 152 valence electrons. The van der Waals surface area contributed by atoms with Gasteiger partial charge in [0.1, 0.15) is 0 Å². The second kappa shape index (κ2) is 7.42. The van der Waals surface area contributed by atoms with Crippen LogP contribution in [0.1, 0.15) is 12.0 Å². The lowest BCUT2D eigenvalue weighted by Crippen LogP contribution is -2.29. The summed E-state index contributed by atoms with van der Waals surface area (Å²) in [5.74, 6) is 0.544. The zero-order valence-electron chi connectivity index (χ0n) is 16.5. The molecule has 2 aromatic carbocycles. The third-order valence-corrected chi connectivity index (χ3v) is 5.73. The maximum atomic E-state index is 13.1. The number of aliphatic hydroxyl groups excluding tert-OH is 1. The van der Waals surface area contributed by atoms with Crippen LogP contribution in [0.2, 0.25) is 0 Å². The Bertz CT molecular complexity index is 1340. The minimum absolute atomic E-state index is 0.0289. The number of nitrogens with one attached hydrogen (secondary N) is 1. The highest BCUT2D eigenvalue weighted by Gasteiger charge is 2.27. The lowest BCUT2D eigenvalue weighted by molar-refractivity contribution is -0.121. The van der Waals surface area contributed by atoms with Crippen LogP contribution in [0.5, 0.6) is 0 Å². The Labute approximate surface area is 172 Å². The van der Waals surface area contributed by atoms with Crippen LogP contribution in [0, 0.1) is 0 Å². The number of carbonyl (C=O) groups excluding carboxylic acids is 1. The van der Waals surface area contributed by atoms with Crippen molar-refractivity contribution in [1.82, 2.24) is 19.4 Å². The Morgan fingerprint density at radius 3 is 2.70 bits per heavy atom. The lowest BCUT2D eigenvalue weighted by Gasteiger charge is -2.21. The first-order chi connectivity index (χ1) is 14.7. The molecule has 0 atom stereocenters. The zero-order valence-corrected chi connectivity index (χ0v) is 16.5. The molecule has 1 aliphatic rings. The first-order valence-corrected chi connectivity index (χ1v) is 10.2. The molecular weight excluding hydrogens is 380 g/mol. The molecule has 1 amide bonds. The van der Waals surface area contributed by atoms with Gasteiger partial charge in [-0.15, -0.1) is 0 Å². The molecule has 4 aromatic rings. The molecule has 3 heterocycles. The van der Waals surface area contributed by atoms with Crippen LogP contribution in [0.15, 0.2) is 53.3 Å². The normalized spacial score (nSPS) is 12.7. The van der Waals surface area contributed by atoms with E-state index < -0.39 is 0 Å². The first kappa shape index (κ1) is 18.6. The average molecular weight is 402 g/mol. The summed E-state index contributed by atoms with van der Waals surface area (Å²) in [7, 11) is 0. The van der Waals surface area contributed by atoms with Gasteiger partial charge in [0.25, 0.3) is 5.56 Å². The predicted octanol–water partition coefficient (Wildman–Crippen LogP) is 2.07. The Morgan fingerprint density at radius 2 is 1.87 bits per heavy atom. The largest absolute Gasteiger partial charge is 0.395 e. The highest BCUT2D eigenvalue weighted by atomic mass is 16.3. The van der Waals surface area contributed by atoms with E-state index >= 15 is 0 Å². The van der Waals surface area contributed by atoms with Gasteiger partial charge in [-0.3, -0.25) is 14.2 Å². The Hall–Kier alpha value is -3.45. The van der Waals surface area contributed by atoms with Gasteiger partial charge >= 0.3 is 0 Å². The van der Waals surface area contributed by atoms with E-state index in [-0.39, 0.29) is 31.0 Å². The molecule has 2 N–H and O–H groups in total. The van der Waals surface area contributed by atoms with Crippen molar-refractivity contribution in [1.29, 1.82) is 0 Å². The van der Waals surface area contributed by atoms with Crippen molar-refractivity contribution in [3.63, 3.8) is 0 Å². The van der Waals surface area contributed by atoms with Crippen molar-refractivity contribution >= 4 is 27.7 Å². The third kappa shape index (κ3) is 2.90. The third-order valence-electron chi connectivity index (χ3n) is 5.73. The fourth-order valence-corrected chi connectivity index (χ4v) is 4.39. The predicted molar refractivity (Wildman–Crippen MR) is 115 cm³/mol. The summed E-state index contributed by atoms with van der Waals surface area (Å²) in [6.07, 6.45) is 1.02. The Kier molecular flexibility index (Phi) is 4.59. The maximum Gasteiger partial charge on any atom is 0.261 e. The lowest BCUT2D eigenvalue weighted by atomic mass is 10.0. The molecule has 0 fully saturated rings. The van der Waals surface area contributed by atoms with E-state index in [0.29, 0.717) is 29.8 Å². The van der Waals surface area contributed by atoms with E-state index in [2.05, 4.69) is 16.0 Å². The number of aryl methyl sites for hydroxylation is 2. The highest BCUT2D eigenvalue weighted by Crippen LogP contribution is 2.36. The van der Waals surface area contributed by atoms with E-state index in [1.165, 1.54) is 5.56 Å².